The van der Waals surface area contributed by atoms with Crippen molar-refractivity contribution in [2.24, 2.45) is 5.16 Å². The van der Waals surface area contributed by atoms with Crippen LogP contribution in [0.2, 0.25) is 10.0 Å². The van der Waals surface area contributed by atoms with Crippen LogP contribution in [0.3, 0.4) is 0 Å². The second kappa shape index (κ2) is 8.99. The number of carbonyl (C=O) groups is 1. The Hall–Kier alpha value is -2.70. The van der Waals surface area contributed by atoms with Gasteiger partial charge in [-0.25, -0.2) is 13.9 Å². The van der Waals surface area contributed by atoms with Crippen molar-refractivity contribution in [3.8, 4) is 5.69 Å². The molecular formula is C20H16Cl2FN3O2. The van der Waals surface area contributed by atoms with Crippen LogP contribution < -0.4 is 0 Å². The number of carbonyl (C=O) groups excluding carboxylic acids is 1. The van der Waals surface area contributed by atoms with Gasteiger partial charge >= 0.3 is 5.97 Å². The molecule has 0 aliphatic rings. The molecule has 0 atom stereocenters. The summed E-state index contributed by atoms with van der Waals surface area (Å²) in [5.74, 6) is -1.25. The van der Waals surface area contributed by atoms with E-state index < -0.39 is 11.8 Å². The summed E-state index contributed by atoms with van der Waals surface area (Å²) in [5.41, 5.74) is 1.79. The van der Waals surface area contributed by atoms with Gasteiger partial charge in [0.15, 0.2) is 0 Å². The first-order valence-electron chi connectivity index (χ1n) is 8.52. The lowest BCUT2D eigenvalue weighted by Crippen LogP contribution is -2.08. The van der Waals surface area contributed by atoms with Crippen molar-refractivity contribution in [3.05, 3.63) is 81.3 Å². The smallest absolute Gasteiger partial charge is 0.313 e. The van der Waals surface area contributed by atoms with Crippen LogP contribution in [0.15, 0.2) is 53.8 Å². The predicted octanol–water partition coefficient (Wildman–Crippen LogP) is 5.46. The topological polar surface area (TPSA) is 56.5 Å². The monoisotopic (exact) mass is 419 g/mol. The van der Waals surface area contributed by atoms with E-state index in [1.165, 1.54) is 24.4 Å². The molecule has 1 aromatic heterocycles. The molecule has 0 amide bonds. The minimum Gasteiger partial charge on any atom is -0.313 e. The van der Waals surface area contributed by atoms with Crippen molar-refractivity contribution in [1.29, 1.82) is 0 Å². The Morgan fingerprint density at radius 2 is 2.00 bits per heavy atom. The zero-order valence-electron chi connectivity index (χ0n) is 14.9. The van der Waals surface area contributed by atoms with Crippen molar-refractivity contribution in [2.45, 2.75) is 19.8 Å². The normalized spacial score (nSPS) is 11.1. The van der Waals surface area contributed by atoms with Gasteiger partial charge in [-0.05, 0) is 42.8 Å². The van der Waals surface area contributed by atoms with Crippen molar-refractivity contribution in [1.82, 2.24) is 9.78 Å². The lowest BCUT2D eigenvalue weighted by molar-refractivity contribution is 0.0517. The number of rotatable bonds is 6. The summed E-state index contributed by atoms with van der Waals surface area (Å²) in [6.07, 6.45) is 3.90. The van der Waals surface area contributed by atoms with Gasteiger partial charge in [0.05, 0.1) is 34.4 Å². The van der Waals surface area contributed by atoms with Crippen molar-refractivity contribution in [2.75, 3.05) is 0 Å². The Morgan fingerprint density at radius 1 is 1.25 bits per heavy atom. The molecule has 0 aliphatic carbocycles. The van der Waals surface area contributed by atoms with E-state index in [2.05, 4.69) is 10.3 Å². The molecule has 0 unspecified atom stereocenters. The third-order valence-corrected chi connectivity index (χ3v) is 4.55. The van der Waals surface area contributed by atoms with Gasteiger partial charge in [0.25, 0.3) is 0 Å². The van der Waals surface area contributed by atoms with Crippen molar-refractivity contribution < 1.29 is 14.0 Å². The minimum absolute atomic E-state index is 0.0441. The van der Waals surface area contributed by atoms with Crippen LogP contribution in [0, 0.1) is 5.82 Å². The van der Waals surface area contributed by atoms with E-state index in [-0.39, 0.29) is 16.1 Å². The van der Waals surface area contributed by atoms with E-state index in [1.54, 1.807) is 16.8 Å². The average molecular weight is 420 g/mol. The maximum Gasteiger partial charge on any atom is 0.369 e. The molecule has 0 bridgehead atoms. The minimum atomic E-state index is -0.688. The van der Waals surface area contributed by atoms with E-state index >= 15 is 0 Å². The van der Waals surface area contributed by atoms with Gasteiger partial charge in [-0.3, -0.25) is 0 Å². The van der Waals surface area contributed by atoms with Gasteiger partial charge in [-0.15, -0.1) is 0 Å². The number of hydrogen-bond donors (Lipinski definition) is 0. The van der Waals surface area contributed by atoms with Gasteiger partial charge in [-0.1, -0.05) is 47.8 Å². The fraction of sp³-hybridized carbons (Fsp3) is 0.150. The summed E-state index contributed by atoms with van der Waals surface area (Å²) in [6.45, 7) is 1.99. The number of benzene rings is 2. The van der Waals surface area contributed by atoms with Crippen LogP contribution in [0.1, 0.15) is 35.0 Å². The summed E-state index contributed by atoms with van der Waals surface area (Å²) < 4.78 is 15.4. The highest BCUT2D eigenvalue weighted by Crippen LogP contribution is 2.20. The van der Waals surface area contributed by atoms with E-state index in [9.17, 15) is 9.18 Å². The molecule has 3 aromatic rings. The highest BCUT2D eigenvalue weighted by molar-refractivity contribution is 6.33. The Labute approximate surface area is 171 Å². The van der Waals surface area contributed by atoms with Crippen LogP contribution in [0.25, 0.3) is 5.69 Å². The van der Waals surface area contributed by atoms with Gasteiger partial charge in [0.1, 0.15) is 11.4 Å². The number of hydrogen-bond acceptors (Lipinski definition) is 4. The zero-order valence-corrected chi connectivity index (χ0v) is 16.4. The Morgan fingerprint density at radius 3 is 2.68 bits per heavy atom. The lowest BCUT2D eigenvalue weighted by atomic mass is 10.1. The third kappa shape index (κ3) is 4.40. The van der Waals surface area contributed by atoms with Crippen LogP contribution in [0.5, 0.6) is 0 Å². The Kier molecular flexibility index (Phi) is 6.44. The molecule has 5 nitrogen and oxygen atoms in total. The van der Waals surface area contributed by atoms with Gasteiger partial charge < -0.3 is 4.84 Å². The summed E-state index contributed by atoms with van der Waals surface area (Å²) in [4.78, 5) is 17.4. The number of halogens is 3. The summed E-state index contributed by atoms with van der Waals surface area (Å²) in [6, 6.07) is 11.3. The van der Waals surface area contributed by atoms with Crippen molar-refractivity contribution in [3.63, 3.8) is 0 Å². The molecule has 0 saturated heterocycles. The maximum absolute atomic E-state index is 13.7. The maximum atomic E-state index is 13.7. The predicted molar refractivity (Wildman–Crippen MR) is 107 cm³/mol. The quantitative estimate of drug-likeness (QED) is 0.302. The van der Waals surface area contributed by atoms with Crippen LogP contribution >= 0.6 is 23.2 Å². The Balaban J connectivity index is 1.83. The van der Waals surface area contributed by atoms with Gasteiger partial charge in [0, 0.05) is 5.02 Å². The standard InChI is InChI=1S/C20H16Cl2FN3O2/c1-2-4-19-16(11-24-26(19)14-9-7-13(21)8-10-14)20(27)28-25-12-15-17(22)5-3-6-18(15)23/h3,5-12H,2,4H2,1H3/b25-12-. The summed E-state index contributed by atoms with van der Waals surface area (Å²) in [5, 5.41) is 8.64. The summed E-state index contributed by atoms with van der Waals surface area (Å²) in [7, 11) is 0. The molecule has 0 aliphatic heterocycles. The first-order valence-corrected chi connectivity index (χ1v) is 9.28. The second-order valence-electron chi connectivity index (χ2n) is 5.89. The Bertz CT molecular complexity index is 997. The van der Waals surface area contributed by atoms with E-state index in [4.69, 9.17) is 28.0 Å². The molecule has 0 N–H and O–H groups in total. The first kappa shape index (κ1) is 20.0. The van der Waals surface area contributed by atoms with Crippen molar-refractivity contribution >= 4 is 35.4 Å². The second-order valence-corrected chi connectivity index (χ2v) is 6.74. The average Bonchev–Trinajstić information content (AvgIpc) is 3.09. The molecule has 8 heteroatoms. The number of oxime groups is 1. The molecule has 144 valence electrons. The molecule has 2 aromatic carbocycles. The van der Waals surface area contributed by atoms with E-state index in [0.717, 1.165) is 18.3 Å². The molecule has 0 spiro atoms. The lowest BCUT2D eigenvalue weighted by Gasteiger charge is -2.08. The molecule has 1 heterocycles. The van der Waals surface area contributed by atoms with Gasteiger partial charge in [0.2, 0.25) is 0 Å². The molecule has 28 heavy (non-hydrogen) atoms. The SMILES string of the molecule is CCCc1c(C(=O)O/N=C\c2c(F)cccc2Cl)cnn1-c1ccc(Cl)cc1. The summed E-state index contributed by atoms with van der Waals surface area (Å²) >= 11 is 11.8. The first-order chi connectivity index (χ1) is 13.5. The molecule has 0 saturated carbocycles. The highest BCUT2D eigenvalue weighted by atomic mass is 35.5. The molecule has 0 radical (unpaired) electrons. The van der Waals surface area contributed by atoms with E-state index in [1.807, 2.05) is 19.1 Å². The van der Waals surface area contributed by atoms with Crippen LogP contribution in [-0.2, 0) is 11.3 Å². The fourth-order valence-corrected chi connectivity index (χ4v) is 2.97. The largest absolute Gasteiger partial charge is 0.369 e. The molecular weight excluding hydrogens is 404 g/mol. The molecule has 0 fully saturated rings. The van der Waals surface area contributed by atoms with Gasteiger partial charge in [-0.2, -0.15) is 5.10 Å². The van der Waals surface area contributed by atoms with Crippen LogP contribution in [0.4, 0.5) is 4.39 Å². The number of aromatic nitrogens is 2. The fourth-order valence-electron chi connectivity index (χ4n) is 2.64. The third-order valence-electron chi connectivity index (χ3n) is 3.96. The highest BCUT2D eigenvalue weighted by Gasteiger charge is 2.19. The zero-order chi connectivity index (χ0) is 20.1. The molecule has 3 rings (SSSR count). The van der Waals surface area contributed by atoms with Crippen LogP contribution in [-0.4, -0.2) is 22.0 Å². The van der Waals surface area contributed by atoms with E-state index in [0.29, 0.717) is 17.1 Å². The number of nitrogens with zero attached hydrogens (tertiary/aromatic N) is 3.